The molecule has 5 heteroatoms. The molecule has 0 fully saturated rings. The summed E-state index contributed by atoms with van der Waals surface area (Å²) in [4.78, 5) is 31.5. The second-order valence-corrected chi connectivity index (χ2v) is 2.50. The van der Waals surface area contributed by atoms with Crippen LogP contribution in [-0.2, 0) is 19.1 Å². The molecule has 0 radical (unpaired) electrons. The van der Waals surface area contributed by atoms with E-state index < -0.39 is 17.4 Å². The van der Waals surface area contributed by atoms with Crippen LogP contribution in [0.25, 0.3) is 0 Å². The zero-order chi connectivity index (χ0) is 9.78. The second kappa shape index (κ2) is 3.85. The number of aliphatic carboxylic acids is 1. The summed E-state index contributed by atoms with van der Waals surface area (Å²) in [6.45, 7) is 1.15. The minimum atomic E-state index is -1.75. The number of esters is 1. The Bertz CT molecular complexity index is 210. The van der Waals surface area contributed by atoms with E-state index in [0.29, 0.717) is 6.29 Å². The van der Waals surface area contributed by atoms with E-state index in [4.69, 9.17) is 5.11 Å². The highest BCUT2D eigenvalue weighted by molar-refractivity contribution is 6.00. The molecule has 0 aromatic carbocycles. The normalized spacial score (nSPS) is 14.5. The van der Waals surface area contributed by atoms with Gasteiger partial charge in [0.25, 0.3) is 0 Å². The molecule has 0 spiro atoms. The van der Waals surface area contributed by atoms with Gasteiger partial charge in [-0.3, -0.25) is 9.59 Å². The van der Waals surface area contributed by atoms with Gasteiger partial charge in [-0.15, -0.1) is 0 Å². The summed E-state index contributed by atoms with van der Waals surface area (Å²) in [6.07, 6.45) is 0.0000463. The monoisotopic (exact) mass is 174 g/mol. The molecule has 0 amide bonds. The lowest BCUT2D eigenvalue weighted by Crippen LogP contribution is -2.37. The van der Waals surface area contributed by atoms with Crippen molar-refractivity contribution in [1.29, 1.82) is 0 Å². The Labute approximate surface area is 69.3 Å². The first kappa shape index (κ1) is 10.6. The van der Waals surface area contributed by atoms with Crippen LogP contribution in [0, 0.1) is 5.41 Å². The lowest BCUT2D eigenvalue weighted by Gasteiger charge is -2.18. The molecular weight excluding hydrogens is 164 g/mol. The Kier molecular flexibility index (Phi) is 3.40. The van der Waals surface area contributed by atoms with Gasteiger partial charge in [-0.05, 0) is 6.92 Å². The fraction of sp³-hybridized carbons (Fsp3) is 0.571. The SMILES string of the molecule is COC(=O)C(C)(CC=O)C(=O)O. The molecule has 0 aliphatic carbocycles. The van der Waals surface area contributed by atoms with E-state index in [1.807, 2.05) is 0 Å². The van der Waals surface area contributed by atoms with Gasteiger partial charge >= 0.3 is 11.9 Å². The van der Waals surface area contributed by atoms with E-state index in [1.165, 1.54) is 0 Å². The van der Waals surface area contributed by atoms with Crippen LogP contribution < -0.4 is 0 Å². The molecule has 5 nitrogen and oxygen atoms in total. The Morgan fingerprint density at radius 1 is 1.58 bits per heavy atom. The van der Waals surface area contributed by atoms with Crippen LogP contribution in [-0.4, -0.2) is 30.4 Å². The van der Waals surface area contributed by atoms with Crippen LogP contribution in [0.15, 0.2) is 0 Å². The Morgan fingerprint density at radius 3 is 2.33 bits per heavy atom. The number of ether oxygens (including phenoxy) is 1. The molecule has 0 aliphatic heterocycles. The number of aldehydes is 1. The topological polar surface area (TPSA) is 80.7 Å². The van der Waals surface area contributed by atoms with Crippen molar-refractivity contribution in [3.8, 4) is 0 Å². The highest BCUT2D eigenvalue weighted by atomic mass is 16.5. The summed E-state index contributed by atoms with van der Waals surface area (Å²) in [7, 11) is 1.08. The summed E-state index contributed by atoms with van der Waals surface area (Å²) < 4.78 is 4.25. The standard InChI is InChI=1S/C7H10O5/c1-7(3-4-8,5(9)10)6(11)12-2/h4H,3H2,1-2H3,(H,9,10). The van der Waals surface area contributed by atoms with Crippen molar-refractivity contribution in [3.05, 3.63) is 0 Å². The van der Waals surface area contributed by atoms with Crippen LogP contribution in [0.3, 0.4) is 0 Å². The van der Waals surface area contributed by atoms with Crippen LogP contribution in [0.4, 0.5) is 0 Å². The van der Waals surface area contributed by atoms with Crippen molar-refractivity contribution >= 4 is 18.2 Å². The molecule has 1 N–H and O–H groups in total. The number of carbonyl (C=O) groups is 3. The summed E-state index contributed by atoms with van der Waals surface area (Å²) in [6, 6.07) is 0. The van der Waals surface area contributed by atoms with Gasteiger partial charge < -0.3 is 14.6 Å². The van der Waals surface area contributed by atoms with Crippen molar-refractivity contribution in [1.82, 2.24) is 0 Å². The zero-order valence-electron chi connectivity index (χ0n) is 6.86. The van der Waals surface area contributed by atoms with E-state index in [1.54, 1.807) is 0 Å². The summed E-state index contributed by atoms with van der Waals surface area (Å²) in [5, 5.41) is 8.61. The molecule has 1 atom stereocenters. The summed E-state index contributed by atoms with van der Waals surface area (Å²) >= 11 is 0. The first-order valence-electron chi connectivity index (χ1n) is 3.24. The largest absolute Gasteiger partial charge is 0.480 e. The molecule has 1 unspecified atom stereocenters. The minimum absolute atomic E-state index is 0.380. The van der Waals surface area contributed by atoms with Gasteiger partial charge in [-0.1, -0.05) is 0 Å². The quantitative estimate of drug-likeness (QED) is 0.364. The fourth-order valence-electron chi connectivity index (χ4n) is 0.650. The predicted octanol–water partition coefficient (Wildman–Crippen LogP) is -0.161. The van der Waals surface area contributed by atoms with Gasteiger partial charge in [0.05, 0.1) is 7.11 Å². The van der Waals surface area contributed by atoms with E-state index >= 15 is 0 Å². The molecule has 0 saturated carbocycles. The van der Waals surface area contributed by atoms with Crippen molar-refractivity contribution in [2.75, 3.05) is 7.11 Å². The van der Waals surface area contributed by atoms with Crippen LogP contribution in [0.5, 0.6) is 0 Å². The molecule has 0 aliphatic rings. The zero-order valence-corrected chi connectivity index (χ0v) is 6.86. The maximum atomic E-state index is 10.9. The van der Waals surface area contributed by atoms with Gasteiger partial charge in [0.15, 0.2) is 5.41 Å². The van der Waals surface area contributed by atoms with Crippen molar-refractivity contribution < 1.29 is 24.2 Å². The van der Waals surface area contributed by atoms with Gasteiger partial charge in [0.2, 0.25) is 0 Å². The van der Waals surface area contributed by atoms with Crippen molar-refractivity contribution in [2.24, 2.45) is 5.41 Å². The molecule has 12 heavy (non-hydrogen) atoms. The van der Waals surface area contributed by atoms with E-state index in [-0.39, 0.29) is 6.42 Å². The number of hydrogen-bond acceptors (Lipinski definition) is 4. The van der Waals surface area contributed by atoms with Gasteiger partial charge in [-0.2, -0.15) is 0 Å². The molecular formula is C7H10O5. The number of rotatable bonds is 4. The van der Waals surface area contributed by atoms with E-state index in [9.17, 15) is 14.4 Å². The van der Waals surface area contributed by atoms with E-state index in [2.05, 4.69) is 4.74 Å². The molecule has 68 valence electrons. The van der Waals surface area contributed by atoms with Gasteiger partial charge in [0.1, 0.15) is 6.29 Å². The maximum absolute atomic E-state index is 10.9. The Morgan fingerprint density at radius 2 is 2.08 bits per heavy atom. The molecule has 0 heterocycles. The lowest BCUT2D eigenvalue weighted by molar-refractivity contribution is -0.166. The average molecular weight is 174 g/mol. The average Bonchev–Trinajstić information content (AvgIpc) is 2.03. The molecule has 0 aromatic heterocycles. The predicted molar refractivity (Wildman–Crippen MR) is 38.4 cm³/mol. The molecule has 0 rings (SSSR count). The lowest BCUT2D eigenvalue weighted by atomic mass is 9.88. The number of hydrogen-bond donors (Lipinski definition) is 1. The first-order chi connectivity index (χ1) is 5.49. The van der Waals surface area contributed by atoms with Crippen molar-refractivity contribution in [2.45, 2.75) is 13.3 Å². The third-order valence-corrected chi connectivity index (χ3v) is 1.60. The number of carboxylic acids is 1. The van der Waals surface area contributed by atoms with Gasteiger partial charge in [-0.25, -0.2) is 0 Å². The second-order valence-electron chi connectivity index (χ2n) is 2.50. The smallest absolute Gasteiger partial charge is 0.323 e. The molecule has 0 aromatic rings. The van der Waals surface area contributed by atoms with Crippen molar-refractivity contribution in [3.63, 3.8) is 0 Å². The Hall–Kier alpha value is -1.39. The minimum Gasteiger partial charge on any atom is -0.480 e. The number of methoxy groups -OCH3 is 1. The van der Waals surface area contributed by atoms with Gasteiger partial charge in [0, 0.05) is 6.42 Å². The molecule has 0 bridgehead atoms. The third kappa shape index (κ3) is 1.81. The summed E-state index contributed by atoms with van der Waals surface area (Å²) in [5.41, 5.74) is -1.75. The highest BCUT2D eigenvalue weighted by Gasteiger charge is 2.42. The molecule has 0 saturated heterocycles. The first-order valence-corrected chi connectivity index (χ1v) is 3.24. The highest BCUT2D eigenvalue weighted by Crippen LogP contribution is 2.21. The number of carboxylic acid groups (broad SMARTS) is 1. The van der Waals surface area contributed by atoms with E-state index in [0.717, 1.165) is 14.0 Å². The third-order valence-electron chi connectivity index (χ3n) is 1.60. The van der Waals surface area contributed by atoms with Crippen LogP contribution >= 0.6 is 0 Å². The maximum Gasteiger partial charge on any atom is 0.323 e. The Balaban J connectivity index is 4.72. The summed E-state index contributed by atoms with van der Waals surface area (Å²) in [5.74, 6) is -2.27. The van der Waals surface area contributed by atoms with Crippen LogP contribution in [0.2, 0.25) is 0 Å². The fourth-order valence-corrected chi connectivity index (χ4v) is 0.650. The number of carbonyl (C=O) groups excluding carboxylic acids is 2. The van der Waals surface area contributed by atoms with Crippen LogP contribution in [0.1, 0.15) is 13.3 Å².